The molecule has 0 aliphatic rings. The Morgan fingerprint density at radius 1 is 1.32 bits per heavy atom. The van der Waals surface area contributed by atoms with Crippen LogP contribution in [0.5, 0.6) is 0 Å². The van der Waals surface area contributed by atoms with E-state index >= 15 is 0 Å². The molecule has 0 aliphatic carbocycles. The molecule has 0 amide bonds. The third-order valence-corrected chi connectivity index (χ3v) is 2.68. The van der Waals surface area contributed by atoms with Crippen LogP contribution in [0.3, 0.4) is 0 Å². The van der Waals surface area contributed by atoms with E-state index in [1.807, 2.05) is 4.68 Å². The maximum absolute atomic E-state index is 11.9. The van der Waals surface area contributed by atoms with Gasteiger partial charge in [-0.05, 0) is 5.92 Å². The van der Waals surface area contributed by atoms with Crippen LogP contribution in [0.1, 0.15) is 19.7 Å². The zero-order valence-electron chi connectivity index (χ0n) is 11.4. The summed E-state index contributed by atoms with van der Waals surface area (Å²) in [6.45, 7) is 5.32. The first kappa shape index (κ1) is 13.3. The van der Waals surface area contributed by atoms with E-state index in [1.54, 1.807) is 13.2 Å². The van der Waals surface area contributed by atoms with Gasteiger partial charge < -0.3 is 5.32 Å². The first-order valence-corrected chi connectivity index (χ1v) is 6.21. The highest BCUT2D eigenvalue weighted by molar-refractivity contribution is 5.37. The van der Waals surface area contributed by atoms with Gasteiger partial charge in [-0.2, -0.15) is 10.2 Å². The fraction of sp³-hybridized carbons (Fsp3) is 0.500. The van der Waals surface area contributed by atoms with E-state index in [4.69, 9.17) is 0 Å². The van der Waals surface area contributed by atoms with Crippen molar-refractivity contribution in [2.24, 2.45) is 5.92 Å². The molecule has 102 valence electrons. The molecule has 2 rings (SSSR count). The molecule has 0 atom stereocenters. The molecule has 0 fully saturated rings. The first-order valence-electron chi connectivity index (χ1n) is 6.21. The zero-order chi connectivity index (χ0) is 13.8. The smallest absolute Gasteiger partial charge is 0.269 e. The quantitative estimate of drug-likeness (QED) is 0.853. The lowest BCUT2D eigenvalue weighted by Crippen LogP contribution is -2.25. The maximum Gasteiger partial charge on any atom is 0.269 e. The van der Waals surface area contributed by atoms with Crippen LogP contribution >= 0.6 is 0 Å². The molecule has 0 aromatic carbocycles. The zero-order valence-corrected chi connectivity index (χ0v) is 11.4. The molecule has 0 radical (unpaired) electrons. The van der Waals surface area contributed by atoms with Gasteiger partial charge in [0.1, 0.15) is 18.7 Å². The Labute approximate surface area is 111 Å². The fourth-order valence-corrected chi connectivity index (χ4v) is 1.73. The molecule has 1 N–H and O–H groups in total. The van der Waals surface area contributed by atoms with Gasteiger partial charge in [0, 0.05) is 19.7 Å². The van der Waals surface area contributed by atoms with Crippen LogP contribution in [0, 0.1) is 5.92 Å². The largest absolute Gasteiger partial charge is 0.387 e. The van der Waals surface area contributed by atoms with E-state index in [2.05, 4.69) is 34.3 Å². The molecule has 0 bridgehead atoms. The van der Waals surface area contributed by atoms with Gasteiger partial charge in [-0.1, -0.05) is 13.8 Å². The Balaban J connectivity index is 2.22. The third kappa shape index (κ3) is 3.18. The molecule has 0 aliphatic heterocycles. The number of hydrogen-bond acceptors (Lipinski definition) is 5. The maximum atomic E-state index is 11.9. The second-order valence-corrected chi connectivity index (χ2v) is 4.74. The van der Waals surface area contributed by atoms with Crippen LogP contribution in [0.2, 0.25) is 0 Å². The summed E-state index contributed by atoms with van der Waals surface area (Å²) < 4.78 is 3.19. The van der Waals surface area contributed by atoms with Crippen molar-refractivity contribution in [1.29, 1.82) is 0 Å². The van der Waals surface area contributed by atoms with E-state index in [1.165, 1.54) is 17.1 Å². The highest BCUT2D eigenvalue weighted by atomic mass is 16.1. The monoisotopic (exact) mass is 262 g/mol. The van der Waals surface area contributed by atoms with Crippen LogP contribution in [0.25, 0.3) is 0 Å². The number of nitrogens with one attached hydrogen (secondary N) is 1. The van der Waals surface area contributed by atoms with Crippen molar-refractivity contribution in [1.82, 2.24) is 24.5 Å². The highest BCUT2D eigenvalue weighted by Crippen LogP contribution is 2.03. The van der Waals surface area contributed by atoms with Crippen molar-refractivity contribution < 1.29 is 0 Å². The van der Waals surface area contributed by atoms with E-state index in [0.717, 1.165) is 12.4 Å². The van der Waals surface area contributed by atoms with E-state index in [9.17, 15) is 4.79 Å². The van der Waals surface area contributed by atoms with Crippen molar-refractivity contribution in [3.8, 4) is 0 Å². The molecule has 2 aromatic rings. The van der Waals surface area contributed by atoms with Crippen LogP contribution in [0.4, 0.5) is 5.69 Å². The SMILES string of the molecule is CNc1cnn(Cc2ncnn2CC(C)C)c(=O)c1. The van der Waals surface area contributed by atoms with E-state index < -0.39 is 0 Å². The minimum atomic E-state index is -0.161. The lowest BCUT2D eigenvalue weighted by atomic mass is 10.2. The van der Waals surface area contributed by atoms with Gasteiger partial charge in [0.25, 0.3) is 5.56 Å². The predicted octanol–water partition coefficient (Wildman–Crippen LogP) is 0.581. The third-order valence-electron chi connectivity index (χ3n) is 2.68. The number of rotatable bonds is 5. The highest BCUT2D eigenvalue weighted by Gasteiger charge is 2.08. The number of aromatic nitrogens is 5. The van der Waals surface area contributed by atoms with Gasteiger partial charge in [-0.25, -0.2) is 14.3 Å². The van der Waals surface area contributed by atoms with Crippen molar-refractivity contribution in [2.45, 2.75) is 26.9 Å². The van der Waals surface area contributed by atoms with Crippen molar-refractivity contribution in [3.63, 3.8) is 0 Å². The second-order valence-electron chi connectivity index (χ2n) is 4.74. The molecular formula is C12H18N6O. The van der Waals surface area contributed by atoms with Crippen LogP contribution in [-0.2, 0) is 13.1 Å². The van der Waals surface area contributed by atoms with Crippen LogP contribution < -0.4 is 10.9 Å². The Morgan fingerprint density at radius 3 is 2.74 bits per heavy atom. The normalized spacial score (nSPS) is 10.9. The fourth-order valence-electron chi connectivity index (χ4n) is 1.73. The summed E-state index contributed by atoms with van der Waals surface area (Å²) in [5, 5.41) is 11.2. The van der Waals surface area contributed by atoms with Crippen LogP contribution in [0.15, 0.2) is 23.4 Å². The molecule has 0 spiro atoms. The molecule has 2 heterocycles. The van der Waals surface area contributed by atoms with Crippen molar-refractivity contribution in [2.75, 3.05) is 12.4 Å². The molecule has 0 saturated heterocycles. The minimum Gasteiger partial charge on any atom is -0.387 e. The second kappa shape index (κ2) is 5.64. The first-order chi connectivity index (χ1) is 9.10. The molecule has 2 aromatic heterocycles. The number of nitrogens with zero attached hydrogens (tertiary/aromatic N) is 5. The molecule has 7 nitrogen and oxygen atoms in total. The summed E-state index contributed by atoms with van der Waals surface area (Å²) in [6, 6.07) is 1.51. The minimum absolute atomic E-state index is 0.161. The summed E-state index contributed by atoms with van der Waals surface area (Å²) in [6.07, 6.45) is 3.12. The summed E-state index contributed by atoms with van der Waals surface area (Å²) in [5.41, 5.74) is 0.538. The van der Waals surface area contributed by atoms with E-state index in [-0.39, 0.29) is 5.56 Å². The van der Waals surface area contributed by atoms with Crippen LogP contribution in [-0.4, -0.2) is 31.6 Å². The van der Waals surface area contributed by atoms with Gasteiger partial charge in [-0.15, -0.1) is 0 Å². The lowest BCUT2D eigenvalue weighted by molar-refractivity contribution is 0.453. The molecule has 0 unspecified atom stereocenters. The van der Waals surface area contributed by atoms with Crippen molar-refractivity contribution in [3.05, 3.63) is 34.8 Å². The van der Waals surface area contributed by atoms with Gasteiger partial charge in [0.2, 0.25) is 0 Å². The molecule has 0 saturated carbocycles. The molecule has 7 heteroatoms. The Morgan fingerprint density at radius 2 is 2.11 bits per heavy atom. The topological polar surface area (TPSA) is 77.6 Å². The van der Waals surface area contributed by atoms with Gasteiger partial charge in [0.05, 0.1) is 11.9 Å². The number of hydrogen-bond donors (Lipinski definition) is 1. The summed E-state index contributed by atoms with van der Waals surface area (Å²) in [4.78, 5) is 16.0. The Kier molecular flexibility index (Phi) is 3.94. The lowest BCUT2D eigenvalue weighted by Gasteiger charge is -2.09. The molecule has 19 heavy (non-hydrogen) atoms. The van der Waals surface area contributed by atoms with Gasteiger partial charge in [0.15, 0.2) is 0 Å². The summed E-state index contributed by atoms with van der Waals surface area (Å²) in [5.74, 6) is 1.21. The summed E-state index contributed by atoms with van der Waals surface area (Å²) >= 11 is 0. The summed E-state index contributed by atoms with van der Waals surface area (Å²) in [7, 11) is 1.75. The Hall–Kier alpha value is -2.18. The average Bonchev–Trinajstić information content (AvgIpc) is 2.78. The van der Waals surface area contributed by atoms with Gasteiger partial charge in [-0.3, -0.25) is 4.79 Å². The predicted molar refractivity (Wildman–Crippen MR) is 72.0 cm³/mol. The standard InChI is InChI=1S/C12H18N6O/c1-9(2)6-17-11(14-8-16-17)7-18-12(19)4-10(13-3)5-15-18/h4-5,8-9,13H,6-7H2,1-3H3. The van der Waals surface area contributed by atoms with Gasteiger partial charge >= 0.3 is 0 Å². The Bertz CT molecular complexity index is 600. The average molecular weight is 262 g/mol. The molecular weight excluding hydrogens is 244 g/mol. The van der Waals surface area contributed by atoms with E-state index in [0.29, 0.717) is 18.2 Å². The number of anilines is 1. The van der Waals surface area contributed by atoms with Crippen molar-refractivity contribution >= 4 is 5.69 Å².